The van der Waals surface area contributed by atoms with Gasteiger partial charge < -0.3 is 15.2 Å². The lowest BCUT2D eigenvalue weighted by molar-refractivity contribution is -0.117. The van der Waals surface area contributed by atoms with Crippen LogP contribution in [0, 0.1) is 0 Å². The van der Waals surface area contributed by atoms with E-state index >= 15 is 0 Å². The first kappa shape index (κ1) is 12.7. The molecule has 0 atom stereocenters. The molecular weight excluding hydrogens is 278 g/mol. The van der Waals surface area contributed by atoms with Crippen LogP contribution in [0.4, 0.5) is 5.69 Å². The third-order valence-corrected chi connectivity index (χ3v) is 3.45. The standard InChI is InChI=1S/C14H12ClN3O2/c15-10-3-1-9(2-4-10)8-18-11-5-6-16-13(11)14(20)17-7-12(18)19/h1-6,16H,7-8H2,(H,17,20). The number of H-pyrrole nitrogens is 1. The summed E-state index contributed by atoms with van der Waals surface area (Å²) in [5, 5.41) is 3.23. The van der Waals surface area contributed by atoms with Crippen molar-refractivity contribution < 1.29 is 9.59 Å². The van der Waals surface area contributed by atoms with E-state index in [2.05, 4.69) is 10.3 Å². The van der Waals surface area contributed by atoms with Crippen molar-refractivity contribution in [2.24, 2.45) is 0 Å². The van der Waals surface area contributed by atoms with E-state index in [1.54, 1.807) is 29.3 Å². The van der Waals surface area contributed by atoms with E-state index in [0.717, 1.165) is 5.56 Å². The summed E-state index contributed by atoms with van der Waals surface area (Å²) in [4.78, 5) is 28.4. The van der Waals surface area contributed by atoms with Crippen LogP contribution in [0.15, 0.2) is 36.5 Å². The molecule has 20 heavy (non-hydrogen) atoms. The SMILES string of the molecule is O=C1NCC(=O)N(Cc2ccc(Cl)cc2)c2cc[nH]c21. The van der Waals surface area contributed by atoms with Crippen molar-refractivity contribution in [3.63, 3.8) is 0 Å². The molecule has 0 saturated carbocycles. The quantitative estimate of drug-likeness (QED) is 0.887. The Hall–Kier alpha value is -2.27. The minimum Gasteiger partial charge on any atom is -0.355 e. The molecule has 2 heterocycles. The molecule has 1 aromatic heterocycles. The molecule has 2 N–H and O–H groups in total. The lowest BCUT2D eigenvalue weighted by atomic mass is 10.2. The number of hydrogen-bond acceptors (Lipinski definition) is 2. The molecule has 3 rings (SSSR count). The number of carbonyl (C=O) groups excluding carboxylic acids is 2. The fraction of sp³-hybridized carbons (Fsp3) is 0.143. The number of nitrogens with one attached hydrogen (secondary N) is 2. The van der Waals surface area contributed by atoms with Crippen LogP contribution >= 0.6 is 11.6 Å². The molecule has 0 spiro atoms. The number of hydrogen-bond donors (Lipinski definition) is 2. The van der Waals surface area contributed by atoms with Gasteiger partial charge in [-0.05, 0) is 23.8 Å². The van der Waals surface area contributed by atoms with Crippen molar-refractivity contribution in [1.82, 2.24) is 10.3 Å². The van der Waals surface area contributed by atoms with Crippen LogP contribution in [0.25, 0.3) is 0 Å². The Labute approximate surface area is 120 Å². The minimum absolute atomic E-state index is 0.00502. The molecule has 2 amide bonds. The second kappa shape index (κ2) is 5.02. The van der Waals surface area contributed by atoms with Gasteiger partial charge in [-0.15, -0.1) is 0 Å². The Morgan fingerprint density at radius 2 is 1.90 bits per heavy atom. The summed E-state index contributed by atoms with van der Waals surface area (Å²) in [5.41, 5.74) is 1.95. The van der Waals surface area contributed by atoms with Gasteiger partial charge in [-0.3, -0.25) is 9.59 Å². The second-order valence-corrected chi connectivity index (χ2v) is 4.96. The molecule has 0 radical (unpaired) electrons. The number of rotatable bonds is 2. The molecule has 5 nitrogen and oxygen atoms in total. The number of nitrogens with zero attached hydrogens (tertiary/aromatic N) is 1. The van der Waals surface area contributed by atoms with Gasteiger partial charge in [-0.25, -0.2) is 0 Å². The minimum atomic E-state index is -0.267. The average molecular weight is 290 g/mol. The average Bonchev–Trinajstić information content (AvgIpc) is 2.89. The summed E-state index contributed by atoms with van der Waals surface area (Å²) >= 11 is 5.85. The third kappa shape index (κ3) is 2.28. The molecule has 0 aliphatic carbocycles. The zero-order valence-electron chi connectivity index (χ0n) is 10.5. The first-order valence-corrected chi connectivity index (χ1v) is 6.53. The molecule has 6 heteroatoms. The number of fused-ring (bicyclic) bond motifs is 1. The molecule has 102 valence electrons. The van der Waals surface area contributed by atoms with Gasteiger partial charge in [0.25, 0.3) is 5.91 Å². The Morgan fingerprint density at radius 3 is 2.65 bits per heavy atom. The van der Waals surface area contributed by atoms with Crippen LogP contribution < -0.4 is 10.2 Å². The van der Waals surface area contributed by atoms with E-state index in [1.807, 2.05) is 12.1 Å². The molecule has 0 saturated heterocycles. The molecule has 2 aromatic rings. The largest absolute Gasteiger partial charge is 0.355 e. The smallest absolute Gasteiger partial charge is 0.270 e. The summed E-state index contributed by atoms with van der Waals surface area (Å²) in [5.74, 6) is -0.413. The highest BCUT2D eigenvalue weighted by atomic mass is 35.5. The zero-order chi connectivity index (χ0) is 14.1. The lowest BCUT2D eigenvalue weighted by Gasteiger charge is -2.20. The summed E-state index contributed by atoms with van der Waals surface area (Å²) in [6, 6.07) is 9.01. The maximum atomic E-state index is 12.2. The van der Waals surface area contributed by atoms with Gasteiger partial charge in [0.2, 0.25) is 5.91 Å². The van der Waals surface area contributed by atoms with Crippen LogP contribution in [-0.4, -0.2) is 23.3 Å². The fourth-order valence-electron chi connectivity index (χ4n) is 2.19. The molecule has 1 aliphatic rings. The Balaban J connectivity index is 1.95. The first-order chi connectivity index (χ1) is 9.65. The highest BCUT2D eigenvalue weighted by Gasteiger charge is 2.27. The van der Waals surface area contributed by atoms with Gasteiger partial charge in [0.05, 0.1) is 18.8 Å². The molecule has 0 fully saturated rings. The predicted octanol–water partition coefficient (Wildman–Crippen LogP) is 1.94. The van der Waals surface area contributed by atoms with Gasteiger partial charge in [0, 0.05) is 11.2 Å². The topological polar surface area (TPSA) is 65.2 Å². The van der Waals surface area contributed by atoms with Crippen LogP contribution in [0.3, 0.4) is 0 Å². The number of benzene rings is 1. The Morgan fingerprint density at radius 1 is 1.15 bits per heavy atom. The van der Waals surface area contributed by atoms with Crippen LogP contribution in [-0.2, 0) is 11.3 Å². The van der Waals surface area contributed by atoms with E-state index in [0.29, 0.717) is 22.9 Å². The monoisotopic (exact) mass is 289 g/mol. The van der Waals surface area contributed by atoms with Crippen molar-refractivity contribution in [2.45, 2.75) is 6.54 Å². The van der Waals surface area contributed by atoms with Gasteiger partial charge in [0.15, 0.2) is 0 Å². The van der Waals surface area contributed by atoms with E-state index in [9.17, 15) is 9.59 Å². The van der Waals surface area contributed by atoms with Crippen LogP contribution in [0.1, 0.15) is 16.1 Å². The van der Waals surface area contributed by atoms with Crippen molar-refractivity contribution in [3.8, 4) is 0 Å². The number of amides is 2. The van der Waals surface area contributed by atoms with Gasteiger partial charge in [-0.2, -0.15) is 0 Å². The number of aromatic amines is 1. The zero-order valence-corrected chi connectivity index (χ0v) is 11.3. The maximum absolute atomic E-state index is 12.2. The predicted molar refractivity (Wildman–Crippen MR) is 75.8 cm³/mol. The van der Waals surface area contributed by atoms with Crippen molar-refractivity contribution in [1.29, 1.82) is 0 Å². The summed E-state index contributed by atoms with van der Waals surface area (Å²) in [6.45, 7) is 0.394. The van der Waals surface area contributed by atoms with Crippen LogP contribution in [0.2, 0.25) is 5.02 Å². The van der Waals surface area contributed by atoms with Gasteiger partial charge >= 0.3 is 0 Å². The molecule has 0 unspecified atom stereocenters. The fourth-order valence-corrected chi connectivity index (χ4v) is 2.31. The van der Waals surface area contributed by atoms with E-state index in [4.69, 9.17) is 11.6 Å². The van der Waals surface area contributed by atoms with E-state index in [-0.39, 0.29) is 18.4 Å². The summed E-state index contributed by atoms with van der Waals surface area (Å²) in [7, 11) is 0. The Kier molecular flexibility index (Phi) is 3.20. The Bertz CT molecular complexity index is 663. The van der Waals surface area contributed by atoms with Crippen molar-refractivity contribution >= 4 is 29.1 Å². The molecule has 1 aliphatic heterocycles. The third-order valence-electron chi connectivity index (χ3n) is 3.20. The highest BCUT2D eigenvalue weighted by molar-refractivity contribution is 6.30. The maximum Gasteiger partial charge on any atom is 0.270 e. The summed E-state index contributed by atoms with van der Waals surface area (Å²) in [6.07, 6.45) is 1.65. The summed E-state index contributed by atoms with van der Waals surface area (Å²) < 4.78 is 0. The molecule has 1 aromatic carbocycles. The number of aromatic nitrogens is 1. The van der Waals surface area contributed by atoms with Gasteiger partial charge in [0.1, 0.15) is 5.69 Å². The highest BCUT2D eigenvalue weighted by Crippen LogP contribution is 2.24. The lowest BCUT2D eigenvalue weighted by Crippen LogP contribution is -2.36. The van der Waals surface area contributed by atoms with E-state index in [1.165, 1.54) is 0 Å². The molecular formula is C14H12ClN3O2. The number of halogens is 1. The van der Waals surface area contributed by atoms with E-state index < -0.39 is 0 Å². The van der Waals surface area contributed by atoms with Crippen molar-refractivity contribution in [2.75, 3.05) is 11.4 Å². The van der Waals surface area contributed by atoms with Crippen molar-refractivity contribution in [3.05, 3.63) is 52.8 Å². The van der Waals surface area contributed by atoms with Gasteiger partial charge in [-0.1, -0.05) is 23.7 Å². The number of carbonyl (C=O) groups is 2. The van der Waals surface area contributed by atoms with Crippen LogP contribution in [0.5, 0.6) is 0 Å². The molecule has 0 bridgehead atoms. The number of anilines is 1. The second-order valence-electron chi connectivity index (χ2n) is 4.53. The first-order valence-electron chi connectivity index (χ1n) is 6.15. The normalized spacial score (nSPS) is 14.8.